The van der Waals surface area contributed by atoms with E-state index in [0.29, 0.717) is 18.3 Å². The van der Waals surface area contributed by atoms with Crippen LogP contribution < -0.4 is 0 Å². The molecule has 0 spiro atoms. The summed E-state index contributed by atoms with van der Waals surface area (Å²) >= 11 is 0. The van der Waals surface area contributed by atoms with Gasteiger partial charge in [-0.1, -0.05) is 6.92 Å². The summed E-state index contributed by atoms with van der Waals surface area (Å²) in [5.41, 5.74) is 0.155. The first-order chi connectivity index (χ1) is 10.4. The lowest BCUT2D eigenvalue weighted by atomic mass is 9.81. The Morgan fingerprint density at radius 2 is 2.00 bits per heavy atom. The summed E-state index contributed by atoms with van der Waals surface area (Å²) in [5.74, 6) is 1.12. The second kappa shape index (κ2) is 5.81. The number of carbonyl (C=O) groups excluding carboxylic acids is 1. The average Bonchev–Trinajstić information content (AvgIpc) is 3.07. The van der Waals surface area contributed by atoms with Crippen molar-refractivity contribution in [2.45, 2.75) is 70.2 Å². The predicted octanol–water partition coefficient (Wildman–Crippen LogP) is 2.42. The SMILES string of the molecule is CC1(CCC(=O)N2C[C@@H](F)C[C@H]2C#N)C[C@H]2CC(O)C[C@H]2C1. The highest BCUT2D eigenvalue weighted by molar-refractivity contribution is 5.77. The molecule has 0 radical (unpaired) electrons. The highest BCUT2D eigenvalue weighted by atomic mass is 19.1. The zero-order chi connectivity index (χ0) is 15.9. The minimum atomic E-state index is -1.06. The molecule has 5 heteroatoms. The molecule has 2 aliphatic carbocycles. The fourth-order valence-corrected chi connectivity index (χ4v) is 4.97. The van der Waals surface area contributed by atoms with Gasteiger partial charge in [-0.05, 0) is 49.4 Å². The first-order valence-electron chi connectivity index (χ1n) is 8.41. The van der Waals surface area contributed by atoms with Gasteiger partial charge in [0.2, 0.25) is 5.91 Å². The van der Waals surface area contributed by atoms with Gasteiger partial charge in [0.15, 0.2) is 0 Å². The molecule has 22 heavy (non-hydrogen) atoms. The van der Waals surface area contributed by atoms with Crippen LogP contribution in [0.2, 0.25) is 0 Å². The Hall–Kier alpha value is -1.15. The van der Waals surface area contributed by atoms with Crippen LogP contribution in [0.4, 0.5) is 4.39 Å². The monoisotopic (exact) mass is 308 g/mol. The van der Waals surface area contributed by atoms with Crippen molar-refractivity contribution in [3.8, 4) is 6.07 Å². The maximum absolute atomic E-state index is 13.4. The van der Waals surface area contributed by atoms with Crippen molar-refractivity contribution in [3.05, 3.63) is 0 Å². The number of fused-ring (bicyclic) bond motifs is 1. The molecule has 1 aliphatic heterocycles. The van der Waals surface area contributed by atoms with Crippen molar-refractivity contribution < 1.29 is 14.3 Å². The van der Waals surface area contributed by atoms with Gasteiger partial charge in [-0.25, -0.2) is 4.39 Å². The molecule has 0 aromatic carbocycles. The van der Waals surface area contributed by atoms with Crippen molar-refractivity contribution in [1.29, 1.82) is 5.26 Å². The molecule has 1 saturated heterocycles. The zero-order valence-electron chi connectivity index (χ0n) is 13.2. The van der Waals surface area contributed by atoms with Gasteiger partial charge in [0, 0.05) is 12.8 Å². The van der Waals surface area contributed by atoms with Gasteiger partial charge in [0.05, 0.1) is 18.7 Å². The fourth-order valence-electron chi connectivity index (χ4n) is 4.97. The van der Waals surface area contributed by atoms with Crippen LogP contribution in [0.5, 0.6) is 0 Å². The molecule has 0 aromatic heterocycles. The Morgan fingerprint density at radius 3 is 2.59 bits per heavy atom. The number of amides is 1. The largest absolute Gasteiger partial charge is 0.393 e. The first-order valence-corrected chi connectivity index (χ1v) is 8.41. The van der Waals surface area contributed by atoms with E-state index in [-0.39, 0.29) is 30.4 Å². The maximum Gasteiger partial charge on any atom is 0.223 e. The van der Waals surface area contributed by atoms with Crippen LogP contribution in [0.15, 0.2) is 0 Å². The third kappa shape index (κ3) is 2.99. The minimum absolute atomic E-state index is 0.0746. The molecule has 3 aliphatic rings. The quantitative estimate of drug-likeness (QED) is 0.871. The van der Waals surface area contributed by atoms with Gasteiger partial charge in [-0.2, -0.15) is 5.26 Å². The van der Waals surface area contributed by atoms with E-state index >= 15 is 0 Å². The summed E-state index contributed by atoms with van der Waals surface area (Å²) in [5, 5.41) is 18.8. The number of carbonyl (C=O) groups is 1. The molecule has 2 saturated carbocycles. The second-order valence-corrected chi connectivity index (χ2v) is 7.89. The van der Waals surface area contributed by atoms with Gasteiger partial charge >= 0.3 is 0 Å². The van der Waals surface area contributed by atoms with Crippen molar-refractivity contribution in [2.24, 2.45) is 17.3 Å². The number of rotatable bonds is 3. The number of nitriles is 1. The lowest BCUT2D eigenvalue weighted by molar-refractivity contribution is -0.132. The number of aliphatic hydroxyl groups is 1. The Kier molecular flexibility index (Phi) is 4.15. The molecule has 6 atom stereocenters. The van der Waals surface area contributed by atoms with E-state index in [2.05, 4.69) is 6.92 Å². The number of hydrogen-bond acceptors (Lipinski definition) is 3. The number of hydrogen-bond donors (Lipinski definition) is 1. The van der Waals surface area contributed by atoms with Crippen molar-refractivity contribution in [1.82, 2.24) is 4.90 Å². The van der Waals surface area contributed by atoms with Gasteiger partial charge in [-0.3, -0.25) is 4.79 Å². The van der Waals surface area contributed by atoms with Crippen LogP contribution in [0.1, 0.15) is 51.9 Å². The van der Waals surface area contributed by atoms with E-state index < -0.39 is 12.2 Å². The van der Waals surface area contributed by atoms with Crippen LogP contribution in [-0.4, -0.2) is 40.8 Å². The van der Waals surface area contributed by atoms with E-state index in [1.807, 2.05) is 6.07 Å². The third-order valence-electron chi connectivity index (χ3n) is 5.99. The van der Waals surface area contributed by atoms with Crippen LogP contribution in [0.3, 0.4) is 0 Å². The fraction of sp³-hybridized carbons (Fsp3) is 0.882. The number of alkyl halides is 1. The molecular formula is C17H25FN2O2. The van der Waals surface area contributed by atoms with Crippen molar-refractivity contribution in [2.75, 3.05) is 6.54 Å². The van der Waals surface area contributed by atoms with E-state index in [9.17, 15) is 14.3 Å². The lowest BCUT2D eigenvalue weighted by Crippen LogP contribution is -2.35. The van der Waals surface area contributed by atoms with Gasteiger partial charge in [-0.15, -0.1) is 0 Å². The summed E-state index contributed by atoms with van der Waals surface area (Å²) in [6.07, 6.45) is 4.14. The molecule has 1 amide bonds. The molecule has 0 bridgehead atoms. The molecular weight excluding hydrogens is 283 g/mol. The topological polar surface area (TPSA) is 64.3 Å². The molecule has 1 N–H and O–H groups in total. The number of likely N-dealkylation sites (tertiary alicyclic amines) is 1. The van der Waals surface area contributed by atoms with Gasteiger partial charge in [0.1, 0.15) is 12.2 Å². The highest BCUT2D eigenvalue weighted by Gasteiger charge is 2.47. The lowest BCUT2D eigenvalue weighted by Gasteiger charge is -2.27. The standard InChI is InChI=1S/C17H25FN2O2/c1-17(7-11-4-15(21)5-12(11)8-17)3-2-16(22)20-10-13(18)6-14(20)9-19/h11-15,21H,2-8,10H2,1H3/t11-,12+,13-,14-,15?,17?/m0/s1. The first kappa shape index (κ1) is 15.7. The summed E-state index contributed by atoms with van der Waals surface area (Å²) in [7, 11) is 0. The average molecular weight is 308 g/mol. The molecule has 3 fully saturated rings. The summed E-state index contributed by atoms with van der Waals surface area (Å²) in [6.45, 7) is 2.31. The molecule has 0 aromatic rings. The molecule has 1 heterocycles. The number of halogens is 1. The molecule has 2 unspecified atom stereocenters. The molecule has 4 nitrogen and oxygen atoms in total. The minimum Gasteiger partial charge on any atom is -0.393 e. The zero-order valence-corrected chi connectivity index (χ0v) is 13.2. The van der Waals surface area contributed by atoms with Crippen molar-refractivity contribution in [3.63, 3.8) is 0 Å². The van der Waals surface area contributed by atoms with Crippen molar-refractivity contribution >= 4 is 5.91 Å². The molecule has 3 rings (SSSR count). The van der Waals surface area contributed by atoms with E-state index in [0.717, 1.165) is 32.1 Å². The van der Waals surface area contributed by atoms with E-state index in [1.165, 1.54) is 4.90 Å². The summed E-state index contributed by atoms with van der Waals surface area (Å²) < 4.78 is 13.4. The van der Waals surface area contributed by atoms with Crippen LogP contribution in [-0.2, 0) is 4.79 Å². The Bertz CT molecular complexity index is 476. The summed E-state index contributed by atoms with van der Waals surface area (Å²) in [4.78, 5) is 13.8. The highest BCUT2D eigenvalue weighted by Crippen LogP contribution is 2.54. The van der Waals surface area contributed by atoms with Crippen LogP contribution >= 0.6 is 0 Å². The summed E-state index contributed by atoms with van der Waals surface area (Å²) in [6, 6.07) is 1.45. The number of nitrogens with zero attached hydrogens (tertiary/aromatic N) is 2. The Balaban J connectivity index is 1.53. The van der Waals surface area contributed by atoms with Gasteiger partial charge in [0.25, 0.3) is 0 Å². The predicted molar refractivity (Wildman–Crippen MR) is 79.4 cm³/mol. The molecule has 122 valence electrons. The normalized spacial score (nSPS) is 44.1. The maximum atomic E-state index is 13.4. The second-order valence-electron chi connectivity index (χ2n) is 7.89. The smallest absolute Gasteiger partial charge is 0.223 e. The van der Waals surface area contributed by atoms with E-state index in [4.69, 9.17) is 5.26 Å². The van der Waals surface area contributed by atoms with Crippen LogP contribution in [0.25, 0.3) is 0 Å². The third-order valence-corrected chi connectivity index (χ3v) is 5.99. The Morgan fingerprint density at radius 1 is 1.36 bits per heavy atom. The number of aliphatic hydroxyl groups excluding tert-OH is 1. The van der Waals surface area contributed by atoms with E-state index in [1.54, 1.807) is 0 Å². The van der Waals surface area contributed by atoms with Gasteiger partial charge < -0.3 is 10.0 Å². The van der Waals surface area contributed by atoms with Crippen LogP contribution in [0, 0.1) is 28.6 Å². The Labute approximate surface area is 131 Å².